The summed E-state index contributed by atoms with van der Waals surface area (Å²) in [4.78, 5) is 35.3. The molecular formula is C22H26N2O5. The molecule has 1 atom stereocenters. The third-order valence-corrected chi connectivity index (χ3v) is 4.30. The van der Waals surface area contributed by atoms with Crippen LogP contribution in [0.1, 0.15) is 36.1 Å². The van der Waals surface area contributed by atoms with Gasteiger partial charge in [0.15, 0.2) is 6.61 Å². The number of esters is 1. The number of anilines is 1. The predicted molar refractivity (Wildman–Crippen MR) is 110 cm³/mol. The number of carbonyl (C=O) groups is 3. The van der Waals surface area contributed by atoms with Gasteiger partial charge in [0.25, 0.3) is 0 Å². The molecule has 0 bridgehead atoms. The van der Waals surface area contributed by atoms with Crippen molar-refractivity contribution < 1.29 is 23.9 Å². The highest BCUT2D eigenvalue weighted by Gasteiger charge is 2.18. The lowest BCUT2D eigenvalue weighted by Gasteiger charge is -2.19. The second kappa shape index (κ2) is 10.3. The van der Waals surface area contributed by atoms with Crippen molar-refractivity contribution in [1.82, 2.24) is 5.32 Å². The molecule has 2 N–H and O–H groups in total. The van der Waals surface area contributed by atoms with Crippen LogP contribution in [0.4, 0.5) is 5.69 Å². The summed E-state index contributed by atoms with van der Waals surface area (Å²) in [5.74, 6) is -0.399. The van der Waals surface area contributed by atoms with Crippen molar-refractivity contribution in [3.8, 4) is 5.75 Å². The van der Waals surface area contributed by atoms with Crippen molar-refractivity contribution >= 4 is 23.5 Å². The molecule has 0 heterocycles. The third kappa shape index (κ3) is 6.95. The van der Waals surface area contributed by atoms with E-state index in [0.29, 0.717) is 11.4 Å². The van der Waals surface area contributed by atoms with Gasteiger partial charge in [0.2, 0.25) is 11.8 Å². The Kier molecular flexibility index (Phi) is 7.77. The van der Waals surface area contributed by atoms with Crippen molar-refractivity contribution in [1.29, 1.82) is 0 Å². The molecule has 1 unspecified atom stereocenters. The van der Waals surface area contributed by atoms with Gasteiger partial charge in [-0.3, -0.25) is 9.59 Å². The fourth-order valence-corrected chi connectivity index (χ4v) is 2.75. The van der Waals surface area contributed by atoms with Gasteiger partial charge < -0.3 is 20.1 Å². The zero-order valence-corrected chi connectivity index (χ0v) is 17.1. The van der Waals surface area contributed by atoms with Gasteiger partial charge >= 0.3 is 5.97 Å². The molecule has 7 heteroatoms. The number of methoxy groups -OCH3 is 1. The molecule has 2 aromatic carbocycles. The van der Waals surface area contributed by atoms with E-state index in [9.17, 15) is 14.4 Å². The lowest BCUT2D eigenvalue weighted by atomic mass is 10.0. The minimum absolute atomic E-state index is 0.0999. The fourth-order valence-electron chi connectivity index (χ4n) is 2.75. The molecule has 2 rings (SSSR count). The monoisotopic (exact) mass is 398 g/mol. The standard InChI is InChI=1S/C22H26N2O5/c1-14-5-7-17(8-6-14)20(23-16(3)25)12-21(26)24-19-10-9-18(11-15(19)2)29-13-22(27)28-4/h5-11,20H,12-13H2,1-4H3,(H,23,25)(H,24,26). The van der Waals surface area contributed by atoms with Gasteiger partial charge in [-0.25, -0.2) is 4.79 Å². The number of hydrogen-bond acceptors (Lipinski definition) is 5. The first-order chi connectivity index (χ1) is 13.8. The molecule has 0 saturated heterocycles. The second-order valence-corrected chi connectivity index (χ2v) is 6.76. The molecular weight excluding hydrogens is 372 g/mol. The van der Waals surface area contributed by atoms with Crippen LogP contribution in [0.25, 0.3) is 0 Å². The number of carbonyl (C=O) groups excluding carboxylic acids is 3. The van der Waals surface area contributed by atoms with Crippen LogP contribution in [0.15, 0.2) is 42.5 Å². The Hall–Kier alpha value is -3.35. The van der Waals surface area contributed by atoms with E-state index in [1.54, 1.807) is 18.2 Å². The molecule has 0 spiro atoms. The van der Waals surface area contributed by atoms with Gasteiger partial charge in [0.05, 0.1) is 19.6 Å². The minimum atomic E-state index is -0.472. The van der Waals surface area contributed by atoms with E-state index in [4.69, 9.17) is 4.74 Å². The number of ether oxygens (including phenoxy) is 2. The summed E-state index contributed by atoms with van der Waals surface area (Å²) in [7, 11) is 1.29. The average molecular weight is 398 g/mol. The van der Waals surface area contributed by atoms with Gasteiger partial charge in [0, 0.05) is 12.6 Å². The molecule has 0 radical (unpaired) electrons. The van der Waals surface area contributed by atoms with Gasteiger partial charge in [-0.1, -0.05) is 29.8 Å². The molecule has 0 aromatic heterocycles. The lowest BCUT2D eigenvalue weighted by Crippen LogP contribution is -2.29. The summed E-state index contributed by atoms with van der Waals surface area (Å²) < 4.78 is 9.88. The van der Waals surface area contributed by atoms with Gasteiger partial charge in [0.1, 0.15) is 5.75 Å². The average Bonchev–Trinajstić information content (AvgIpc) is 2.67. The Bertz CT molecular complexity index is 877. The van der Waals surface area contributed by atoms with E-state index in [1.807, 2.05) is 38.1 Å². The topological polar surface area (TPSA) is 93.7 Å². The first kappa shape index (κ1) is 21.9. The van der Waals surface area contributed by atoms with Gasteiger partial charge in [-0.2, -0.15) is 0 Å². The number of hydrogen-bond donors (Lipinski definition) is 2. The summed E-state index contributed by atoms with van der Waals surface area (Å²) in [6.07, 6.45) is 0.0999. The van der Waals surface area contributed by atoms with E-state index >= 15 is 0 Å². The van der Waals surface area contributed by atoms with Crippen LogP contribution in [-0.4, -0.2) is 31.5 Å². The predicted octanol–water partition coefficient (Wildman–Crippen LogP) is 3.06. The highest BCUT2D eigenvalue weighted by Crippen LogP contribution is 2.23. The van der Waals surface area contributed by atoms with Crippen LogP contribution < -0.4 is 15.4 Å². The first-order valence-electron chi connectivity index (χ1n) is 9.22. The van der Waals surface area contributed by atoms with E-state index in [1.165, 1.54) is 14.0 Å². The Morgan fingerprint density at radius 2 is 1.72 bits per heavy atom. The Morgan fingerprint density at radius 1 is 1.03 bits per heavy atom. The van der Waals surface area contributed by atoms with Crippen LogP contribution in [0.3, 0.4) is 0 Å². The Balaban J connectivity index is 2.04. The smallest absolute Gasteiger partial charge is 0.343 e. The maximum atomic E-state index is 12.6. The fraction of sp³-hybridized carbons (Fsp3) is 0.318. The number of aryl methyl sites for hydroxylation is 2. The van der Waals surface area contributed by atoms with Crippen molar-refractivity contribution in [2.75, 3.05) is 19.0 Å². The van der Waals surface area contributed by atoms with Crippen molar-refractivity contribution in [3.05, 3.63) is 59.2 Å². The molecule has 0 fully saturated rings. The highest BCUT2D eigenvalue weighted by atomic mass is 16.6. The molecule has 2 aromatic rings. The molecule has 154 valence electrons. The molecule has 29 heavy (non-hydrogen) atoms. The Morgan fingerprint density at radius 3 is 2.31 bits per heavy atom. The number of nitrogens with one attached hydrogen (secondary N) is 2. The summed E-state index contributed by atoms with van der Waals surface area (Å²) in [6, 6.07) is 12.4. The maximum Gasteiger partial charge on any atom is 0.343 e. The molecule has 7 nitrogen and oxygen atoms in total. The van der Waals surface area contributed by atoms with Crippen LogP contribution in [-0.2, 0) is 19.1 Å². The molecule has 2 amide bonds. The summed E-state index contributed by atoms with van der Waals surface area (Å²) >= 11 is 0. The van der Waals surface area contributed by atoms with Crippen molar-refractivity contribution in [3.63, 3.8) is 0 Å². The van der Waals surface area contributed by atoms with Crippen LogP contribution >= 0.6 is 0 Å². The van der Waals surface area contributed by atoms with Crippen LogP contribution in [0.2, 0.25) is 0 Å². The lowest BCUT2D eigenvalue weighted by molar-refractivity contribution is -0.143. The Labute approximate surface area is 170 Å². The second-order valence-electron chi connectivity index (χ2n) is 6.76. The largest absolute Gasteiger partial charge is 0.482 e. The van der Waals surface area contributed by atoms with E-state index in [-0.39, 0.29) is 24.8 Å². The van der Waals surface area contributed by atoms with E-state index in [2.05, 4.69) is 15.4 Å². The zero-order chi connectivity index (χ0) is 21.4. The van der Waals surface area contributed by atoms with E-state index in [0.717, 1.165) is 16.7 Å². The van der Waals surface area contributed by atoms with Gasteiger partial charge in [-0.15, -0.1) is 0 Å². The van der Waals surface area contributed by atoms with E-state index < -0.39 is 12.0 Å². The van der Waals surface area contributed by atoms with Crippen molar-refractivity contribution in [2.24, 2.45) is 0 Å². The maximum absolute atomic E-state index is 12.6. The highest BCUT2D eigenvalue weighted by molar-refractivity contribution is 5.92. The van der Waals surface area contributed by atoms with Gasteiger partial charge in [-0.05, 0) is 43.2 Å². The zero-order valence-electron chi connectivity index (χ0n) is 17.1. The molecule has 0 aliphatic carbocycles. The molecule has 0 aliphatic rings. The normalized spacial score (nSPS) is 11.3. The summed E-state index contributed by atoms with van der Waals surface area (Å²) in [6.45, 7) is 5.05. The van der Waals surface area contributed by atoms with Crippen LogP contribution in [0, 0.1) is 13.8 Å². The summed E-state index contributed by atoms with van der Waals surface area (Å²) in [5, 5.41) is 5.69. The quantitative estimate of drug-likeness (QED) is 0.667. The minimum Gasteiger partial charge on any atom is -0.482 e. The molecule has 0 saturated carbocycles. The number of amides is 2. The SMILES string of the molecule is COC(=O)COc1ccc(NC(=O)CC(NC(C)=O)c2ccc(C)cc2)c(C)c1. The first-order valence-corrected chi connectivity index (χ1v) is 9.22. The summed E-state index contributed by atoms with van der Waals surface area (Å²) in [5.41, 5.74) is 3.38. The van der Waals surface area contributed by atoms with Crippen molar-refractivity contribution in [2.45, 2.75) is 33.2 Å². The number of rotatable bonds is 8. The van der Waals surface area contributed by atoms with Crippen LogP contribution in [0.5, 0.6) is 5.75 Å². The number of benzene rings is 2. The molecule has 0 aliphatic heterocycles. The third-order valence-electron chi connectivity index (χ3n) is 4.30.